The standard InChI is InChI=1S/C8H13NS2/c1-7(6-9-2)11-8-4-3-5-10-8/h3-5,7,9H,6H2,1-2H3. The monoisotopic (exact) mass is 187 g/mol. The molecule has 0 fully saturated rings. The van der Waals surface area contributed by atoms with Crippen LogP contribution >= 0.6 is 23.1 Å². The molecular formula is C8H13NS2. The fourth-order valence-corrected chi connectivity index (χ4v) is 2.99. The lowest BCUT2D eigenvalue weighted by Crippen LogP contribution is -2.17. The Hall–Kier alpha value is 0.01000. The highest BCUT2D eigenvalue weighted by atomic mass is 32.2. The Morgan fingerprint density at radius 2 is 2.55 bits per heavy atom. The fraction of sp³-hybridized carbons (Fsp3) is 0.500. The molecule has 0 aliphatic heterocycles. The van der Waals surface area contributed by atoms with Gasteiger partial charge in [-0.25, -0.2) is 0 Å². The summed E-state index contributed by atoms with van der Waals surface area (Å²) in [7, 11) is 1.99. The lowest BCUT2D eigenvalue weighted by molar-refractivity contribution is 0.785. The molecule has 1 heterocycles. The number of nitrogens with one attached hydrogen (secondary N) is 1. The van der Waals surface area contributed by atoms with E-state index in [0.29, 0.717) is 5.25 Å². The average Bonchev–Trinajstić information content (AvgIpc) is 2.40. The van der Waals surface area contributed by atoms with Crippen LogP contribution in [0.25, 0.3) is 0 Å². The van der Waals surface area contributed by atoms with E-state index < -0.39 is 0 Å². The first-order valence-electron chi connectivity index (χ1n) is 3.67. The van der Waals surface area contributed by atoms with Gasteiger partial charge in [0.1, 0.15) is 0 Å². The van der Waals surface area contributed by atoms with E-state index in [1.807, 2.05) is 30.1 Å². The molecule has 1 atom stereocenters. The Morgan fingerprint density at radius 1 is 1.73 bits per heavy atom. The highest BCUT2D eigenvalue weighted by Gasteiger charge is 2.02. The molecule has 0 spiro atoms. The van der Waals surface area contributed by atoms with Crippen LogP contribution in [0.4, 0.5) is 0 Å². The minimum absolute atomic E-state index is 0.665. The average molecular weight is 187 g/mol. The zero-order valence-corrected chi connectivity index (χ0v) is 8.47. The van der Waals surface area contributed by atoms with Crippen LogP contribution in [0.3, 0.4) is 0 Å². The van der Waals surface area contributed by atoms with Crippen molar-refractivity contribution in [2.24, 2.45) is 0 Å². The Balaban J connectivity index is 2.31. The van der Waals surface area contributed by atoms with Gasteiger partial charge in [-0.2, -0.15) is 0 Å². The number of thiophene rings is 1. The Bertz CT molecular complexity index is 184. The molecule has 0 aliphatic rings. The minimum Gasteiger partial charge on any atom is -0.319 e. The highest BCUT2D eigenvalue weighted by molar-refractivity contribution is 8.01. The molecule has 0 amide bonds. The van der Waals surface area contributed by atoms with Gasteiger partial charge in [0.15, 0.2) is 0 Å². The molecule has 0 saturated carbocycles. The summed E-state index contributed by atoms with van der Waals surface area (Å²) in [4.78, 5) is 0. The van der Waals surface area contributed by atoms with Crippen molar-refractivity contribution in [1.29, 1.82) is 0 Å². The first-order valence-corrected chi connectivity index (χ1v) is 5.43. The van der Waals surface area contributed by atoms with Crippen molar-refractivity contribution in [3.8, 4) is 0 Å². The predicted molar refractivity (Wildman–Crippen MR) is 53.6 cm³/mol. The van der Waals surface area contributed by atoms with Crippen molar-refractivity contribution in [3.05, 3.63) is 17.5 Å². The van der Waals surface area contributed by atoms with Gasteiger partial charge in [0.2, 0.25) is 0 Å². The SMILES string of the molecule is CNCC(C)Sc1cccs1. The van der Waals surface area contributed by atoms with Gasteiger partial charge in [-0.1, -0.05) is 13.0 Å². The molecule has 1 aromatic heterocycles. The second kappa shape index (κ2) is 4.80. The van der Waals surface area contributed by atoms with Crippen LogP contribution in [-0.4, -0.2) is 18.8 Å². The molecule has 1 rings (SSSR count). The summed E-state index contributed by atoms with van der Waals surface area (Å²) in [6, 6.07) is 4.26. The van der Waals surface area contributed by atoms with Crippen LogP contribution in [0.15, 0.2) is 21.7 Å². The maximum atomic E-state index is 3.16. The highest BCUT2D eigenvalue weighted by Crippen LogP contribution is 2.26. The molecule has 0 radical (unpaired) electrons. The van der Waals surface area contributed by atoms with E-state index in [1.165, 1.54) is 4.21 Å². The van der Waals surface area contributed by atoms with Crippen LogP contribution in [0.2, 0.25) is 0 Å². The predicted octanol–water partition coefficient (Wildman–Crippen LogP) is 2.45. The molecule has 0 bridgehead atoms. The van der Waals surface area contributed by atoms with Crippen LogP contribution in [-0.2, 0) is 0 Å². The van der Waals surface area contributed by atoms with Crippen molar-refractivity contribution in [2.45, 2.75) is 16.4 Å². The molecule has 0 saturated heterocycles. The Labute approximate surface area is 76.2 Å². The first kappa shape index (κ1) is 9.10. The van der Waals surface area contributed by atoms with Gasteiger partial charge < -0.3 is 5.32 Å². The maximum Gasteiger partial charge on any atom is 0.0601 e. The molecule has 1 nitrogen and oxygen atoms in total. The van der Waals surface area contributed by atoms with Crippen LogP contribution < -0.4 is 5.32 Å². The van der Waals surface area contributed by atoms with Crippen LogP contribution in [0, 0.1) is 0 Å². The third kappa shape index (κ3) is 3.27. The Morgan fingerprint density at radius 3 is 3.09 bits per heavy atom. The van der Waals surface area contributed by atoms with Gasteiger partial charge in [-0.05, 0) is 18.5 Å². The number of rotatable bonds is 4. The summed E-state index contributed by atoms with van der Waals surface area (Å²) in [5, 5.41) is 5.95. The molecule has 0 aromatic carbocycles. The molecular weight excluding hydrogens is 174 g/mol. The van der Waals surface area contributed by atoms with E-state index in [9.17, 15) is 0 Å². The molecule has 0 aliphatic carbocycles. The summed E-state index contributed by atoms with van der Waals surface area (Å²) >= 11 is 3.74. The van der Waals surface area contributed by atoms with Gasteiger partial charge in [-0.15, -0.1) is 23.1 Å². The fourth-order valence-electron chi connectivity index (χ4n) is 0.858. The second-order valence-electron chi connectivity index (χ2n) is 2.42. The molecule has 62 valence electrons. The topological polar surface area (TPSA) is 12.0 Å². The molecule has 1 N–H and O–H groups in total. The number of thioether (sulfide) groups is 1. The zero-order valence-electron chi connectivity index (χ0n) is 6.83. The summed E-state index contributed by atoms with van der Waals surface area (Å²) in [5.74, 6) is 0. The summed E-state index contributed by atoms with van der Waals surface area (Å²) in [6.45, 7) is 3.31. The van der Waals surface area contributed by atoms with Gasteiger partial charge >= 0.3 is 0 Å². The third-order valence-corrected chi connectivity index (χ3v) is 3.48. The third-order valence-electron chi connectivity index (χ3n) is 1.30. The van der Waals surface area contributed by atoms with E-state index in [4.69, 9.17) is 0 Å². The van der Waals surface area contributed by atoms with E-state index in [0.717, 1.165) is 6.54 Å². The van der Waals surface area contributed by atoms with Crippen molar-refractivity contribution in [1.82, 2.24) is 5.32 Å². The van der Waals surface area contributed by atoms with E-state index in [2.05, 4.69) is 29.8 Å². The maximum absolute atomic E-state index is 3.16. The van der Waals surface area contributed by atoms with Gasteiger partial charge in [0, 0.05) is 11.8 Å². The van der Waals surface area contributed by atoms with E-state index >= 15 is 0 Å². The van der Waals surface area contributed by atoms with Crippen LogP contribution in [0.1, 0.15) is 6.92 Å². The zero-order chi connectivity index (χ0) is 8.10. The van der Waals surface area contributed by atoms with Gasteiger partial charge in [-0.3, -0.25) is 0 Å². The lowest BCUT2D eigenvalue weighted by atomic mass is 10.5. The quantitative estimate of drug-likeness (QED) is 0.727. The minimum atomic E-state index is 0.665. The van der Waals surface area contributed by atoms with Crippen molar-refractivity contribution < 1.29 is 0 Å². The lowest BCUT2D eigenvalue weighted by Gasteiger charge is -2.07. The molecule has 11 heavy (non-hydrogen) atoms. The van der Waals surface area contributed by atoms with E-state index in [-0.39, 0.29) is 0 Å². The van der Waals surface area contributed by atoms with Crippen molar-refractivity contribution >= 4 is 23.1 Å². The second-order valence-corrected chi connectivity index (χ2v) is 5.10. The summed E-state index contributed by atoms with van der Waals surface area (Å²) in [6.07, 6.45) is 0. The molecule has 1 aromatic rings. The Kier molecular flexibility index (Phi) is 3.97. The largest absolute Gasteiger partial charge is 0.319 e. The normalized spacial score (nSPS) is 13.3. The number of hydrogen-bond acceptors (Lipinski definition) is 3. The van der Waals surface area contributed by atoms with Crippen molar-refractivity contribution in [2.75, 3.05) is 13.6 Å². The molecule has 1 unspecified atom stereocenters. The van der Waals surface area contributed by atoms with E-state index in [1.54, 1.807) is 0 Å². The van der Waals surface area contributed by atoms with Gasteiger partial charge in [0.05, 0.1) is 4.21 Å². The molecule has 3 heteroatoms. The smallest absolute Gasteiger partial charge is 0.0601 e. The number of hydrogen-bond donors (Lipinski definition) is 1. The van der Waals surface area contributed by atoms with Crippen LogP contribution in [0.5, 0.6) is 0 Å². The van der Waals surface area contributed by atoms with Crippen molar-refractivity contribution in [3.63, 3.8) is 0 Å². The first-order chi connectivity index (χ1) is 5.33. The van der Waals surface area contributed by atoms with Gasteiger partial charge in [0.25, 0.3) is 0 Å². The summed E-state index contributed by atoms with van der Waals surface area (Å²) < 4.78 is 1.41. The summed E-state index contributed by atoms with van der Waals surface area (Å²) in [5.41, 5.74) is 0.